The van der Waals surface area contributed by atoms with Gasteiger partial charge in [0.2, 0.25) is 5.82 Å². The van der Waals surface area contributed by atoms with Gasteiger partial charge in [-0.2, -0.15) is 10.4 Å². The van der Waals surface area contributed by atoms with E-state index in [0.717, 1.165) is 31.2 Å². The maximum atomic E-state index is 13.4. The fraction of sp³-hybridized carbons (Fsp3) is 0.292. The van der Waals surface area contributed by atoms with Crippen LogP contribution in [0.25, 0.3) is 33.7 Å². The van der Waals surface area contributed by atoms with Gasteiger partial charge in [0, 0.05) is 24.0 Å². The van der Waals surface area contributed by atoms with E-state index in [9.17, 15) is 8.42 Å². The van der Waals surface area contributed by atoms with Crippen molar-refractivity contribution < 1.29 is 8.42 Å². The molecule has 0 radical (unpaired) electrons. The van der Waals surface area contributed by atoms with Crippen molar-refractivity contribution in [3.8, 4) is 17.7 Å². The molecule has 11 heteroatoms. The third kappa shape index (κ3) is 3.49. The molecular weight excluding hydrogens is 464 g/mol. The molecule has 1 aromatic carbocycles. The Morgan fingerprint density at radius 3 is 2.60 bits per heavy atom. The number of aromatic nitrogens is 7. The first-order valence-corrected chi connectivity index (χ1v) is 12.9. The summed E-state index contributed by atoms with van der Waals surface area (Å²) in [6, 6.07) is 12.5. The second kappa shape index (κ2) is 8.32. The number of hydrogen-bond donors (Lipinski definition) is 1. The van der Waals surface area contributed by atoms with Gasteiger partial charge in [-0.1, -0.05) is 18.2 Å². The predicted octanol–water partition coefficient (Wildman–Crippen LogP) is 4.05. The van der Waals surface area contributed by atoms with Crippen LogP contribution in [-0.4, -0.2) is 42.1 Å². The van der Waals surface area contributed by atoms with E-state index in [1.807, 2.05) is 0 Å². The highest BCUT2D eigenvalue weighted by Crippen LogP contribution is 2.40. The van der Waals surface area contributed by atoms with Crippen molar-refractivity contribution in [3.05, 3.63) is 55.1 Å². The molecule has 0 aliphatic heterocycles. The number of imidazole rings is 1. The molecule has 5 aromatic rings. The second-order valence-corrected chi connectivity index (χ2v) is 10.6. The average Bonchev–Trinajstić information content (AvgIpc) is 3.63. The lowest BCUT2D eigenvalue weighted by Crippen LogP contribution is -2.19. The van der Waals surface area contributed by atoms with Crippen molar-refractivity contribution in [3.63, 3.8) is 0 Å². The highest BCUT2D eigenvalue weighted by molar-refractivity contribution is 7.90. The van der Waals surface area contributed by atoms with Crippen molar-refractivity contribution in [1.82, 2.24) is 33.7 Å². The molecule has 1 aliphatic rings. The number of nitriles is 1. The van der Waals surface area contributed by atoms with E-state index >= 15 is 0 Å². The normalized spacial score (nSPS) is 18.7. The minimum atomic E-state index is -3.81. The number of benzene rings is 1. The quantitative estimate of drug-likeness (QED) is 0.396. The zero-order valence-corrected chi connectivity index (χ0v) is 19.6. The third-order valence-electron chi connectivity index (χ3n) is 6.80. The number of nitrogens with zero attached hydrogens (tertiary/aromatic N) is 7. The van der Waals surface area contributed by atoms with Gasteiger partial charge in [0.15, 0.2) is 11.5 Å². The van der Waals surface area contributed by atoms with Gasteiger partial charge in [-0.05, 0) is 49.8 Å². The van der Waals surface area contributed by atoms with Gasteiger partial charge in [-0.25, -0.2) is 27.3 Å². The molecule has 1 aliphatic carbocycles. The Balaban J connectivity index is 1.54. The monoisotopic (exact) mass is 486 g/mol. The SMILES string of the molecule is N#CC[C@H]1CC[C@H](n2c(-c3nc[nH]n3)nc3cnc4c(ccn4S(=O)(=O)c4ccccc4)c32)CC1. The molecule has 4 aromatic heterocycles. The van der Waals surface area contributed by atoms with Gasteiger partial charge in [0.1, 0.15) is 11.8 Å². The number of hydrogen-bond acceptors (Lipinski definition) is 7. The molecular formula is C24H22N8O2S. The van der Waals surface area contributed by atoms with Crippen molar-refractivity contribution >= 4 is 32.1 Å². The maximum absolute atomic E-state index is 13.4. The second-order valence-electron chi connectivity index (χ2n) is 8.82. The van der Waals surface area contributed by atoms with Crippen LogP contribution < -0.4 is 0 Å². The summed E-state index contributed by atoms with van der Waals surface area (Å²) >= 11 is 0. The highest BCUT2D eigenvalue weighted by Gasteiger charge is 2.29. The van der Waals surface area contributed by atoms with Crippen LogP contribution in [-0.2, 0) is 10.0 Å². The lowest BCUT2D eigenvalue weighted by atomic mass is 9.84. The van der Waals surface area contributed by atoms with Crippen LogP contribution in [0.5, 0.6) is 0 Å². The Labute approximate surface area is 201 Å². The van der Waals surface area contributed by atoms with Crippen LogP contribution in [0, 0.1) is 17.2 Å². The lowest BCUT2D eigenvalue weighted by Gasteiger charge is -2.29. The van der Waals surface area contributed by atoms with Gasteiger partial charge in [0.05, 0.1) is 22.7 Å². The molecule has 0 amide bonds. The molecule has 0 atom stereocenters. The average molecular weight is 487 g/mol. The molecule has 0 bridgehead atoms. The highest BCUT2D eigenvalue weighted by atomic mass is 32.2. The largest absolute Gasteiger partial charge is 0.317 e. The standard InChI is InChI=1S/C24H22N8O2S/c25-12-10-16-6-8-17(9-7-16)32-21-19-11-13-31(35(33,34)18-4-2-1-3-5-18)23(19)26-14-20(21)29-24(32)22-27-15-28-30-22/h1-5,11,13-17H,6-10H2,(H,27,28,30)/t16-,17-. The predicted molar refractivity (Wildman–Crippen MR) is 129 cm³/mol. The summed E-state index contributed by atoms with van der Waals surface area (Å²) < 4.78 is 30.1. The summed E-state index contributed by atoms with van der Waals surface area (Å²) in [6.45, 7) is 0. The molecule has 1 fully saturated rings. The number of nitrogens with one attached hydrogen (secondary N) is 1. The molecule has 35 heavy (non-hydrogen) atoms. The Morgan fingerprint density at radius 1 is 1.09 bits per heavy atom. The molecule has 1 N–H and O–H groups in total. The fourth-order valence-electron chi connectivity index (χ4n) is 5.11. The Kier molecular flexibility index (Phi) is 5.11. The summed E-state index contributed by atoms with van der Waals surface area (Å²) in [7, 11) is -3.81. The van der Waals surface area contributed by atoms with Crippen molar-refractivity contribution in [2.45, 2.75) is 43.0 Å². The first-order valence-electron chi connectivity index (χ1n) is 11.5. The number of rotatable bonds is 5. The van der Waals surface area contributed by atoms with Crippen LogP contribution in [0.1, 0.15) is 38.1 Å². The molecule has 6 rings (SSSR count). The van der Waals surface area contributed by atoms with Crippen LogP contribution in [0.4, 0.5) is 0 Å². The van der Waals surface area contributed by atoms with Crippen LogP contribution >= 0.6 is 0 Å². The molecule has 0 unspecified atom stereocenters. The van der Waals surface area contributed by atoms with Gasteiger partial charge in [-0.15, -0.1) is 0 Å². The van der Waals surface area contributed by atoms with E-state index in [2.05, 4.69) is 30.8 Å². The Bertz CT molecular complexity index is 1660. The molecule has 10 nitrogen and oxygen atoms in total. The number of aromatic amines is 1. The van der Waals surface area contributed by atoms with Crippen molar-refractivity contribution in [2.24, 2.45) is 5.92 Å². The zero-order valence-electron chi connectivity index (χ0n) is 18.7. The van der Waals surface area contributed by atoms with E-state index in [0.29, 0.717) is 40.5 Å². The Morgan fingerprint density at radius 2 is 1.89 bits per heavy atom. The van der Waals surface area contributed by atoms with Gasteiger partial charge < -0.3 is 4.57 Å². The first kappa shape index (κ1) is 21.5. The number of pyridine rings is 1. The molecule has 176 valence electrons. The number of fused-ring (bicyclic) bond motifs is 3. The van der Waals surface area contributed by atoms with E-state index in [1.165, 1.54) is 10.3 Å². The molecule has 0 saturated heterocycles. The molecule has 0 spiro atoms. The van der Waals surface area contributed by atoms with Crippen molar-refractivity contribution in [2.75, 3.05) is 0 Å². The van der Waals surface area contributed by atoms with E-state index in [4.69, 9.17) is 10.2 Å². The number of H-pyrrole nitrogens is 1. The van der Waals surface area contributed by atoms with Crippen LogP contribution in [0.15, 0.2) is 60.0 Å². The van der Waals surface area contributed by atoms with E-state index in [1.54, 1.807) is 48.8 Å². The van der Waals surface area contributed by atoms with Gasteiger partial charge >= 0.3 is 0 Å². The summed E-state index contributed by atoms with van der Waals surface area (Å²) in [5.74, 6) is 1.50. The topological polar surface area (TPSA) is 135 Å². The zero-order chi connectivity index (χ0) is 24.0. The maximum Gasteiger partial charge on any atom is 0.269 e. The summed E-state index contributed by atoms with van der Waals surface area (Å²) in [4.78, 5) is 13.8. The Hall–Kier alpha value is -4.04. The smallest absolute Gasteiger partial charge is 0.269 e. The third-order valence-corrected chi connectivity index (χ3v) is 8.49. The van der Waals surface area contributed by atoms with Gasteiger partial charge in [0.25, 0.3) is 10.0 Å². The minimum absolute atomic E-state index is 0.128. The molecule has 1 saturated carbocycles. The molecule has 4 heterocycles. The summed E-state index contributed by atoms with van der Waals surface area (Å²) in [5.41, 5.74) is 1.83. The van der Waals surface area contributed by atoms with E-state index < -0.39 is 10.0 Å². The van der Waals surface area contributed by atoms with Crippen molar-refractivity contribution in [1.29, 1.82) is 5.26 Å². The lowest BCUT2D eigenvalue weighted by molar-refractivity contribution is 0.283. The van der Waals surface area contributed by atoms with Gasteiger partial charge in [-0.3, -0.25) is 5.10 Å². The first-order chi connectivity index (χ1) is 17.1. The van der Waals surface area contributed by atoms with Crippen LogP contribution in [0.3, 0.4) is 0 Å². The minimum Gasteiger partial charge on any atom is -0.317 e. The fourth-order valence-corrected chi connectivity index (χ4v) is 6.44. The van der Waals surface area contributed by atoms with Crippen LogP contribution in [0.2, 0.25) is 0 Å². The summed E-state index contributed by atoms with van der Waals surface area (Å²) in [6.07, 6.45) is 8.92. The van der Waals surface area contributed by atoms with E-state index in [-0.39, 0.29) is 10.9 Å². The summed E-state index contributed by atoms with van der Waals surface area (Å²) in [5, 5.41) is 16.8.